The van der Waals surface area contributed by atoms with Crippen molar-refractivity contribution in [3.05, 3.63) is 34.3 Å². The summed E-state index contributed by atoms with van der Waals surface area (Å²) in [4.78, 5) is 24.9. The van der Waals surface area contributed by atoms with Gasteiger partial charge in [-0.15, -0.1) is 0 Å². The molecular weight excluding hydrogens is 326 g/mol. The van der Waals surface area contributed by atoms with E-state index in [1.54, 1.807) is 0 Å². The number of nitrogens with one attached hydrogen (secondary N) is 1. The number of aryl methyl sites for hydroxylation is 1. The van der Waals surface area contributed by atoms with E-state index in [0.717, 1.165) is 17.5 Å². The van der Waals surface area contributed by atoms with Crippen LogP contribution in [0.2, 0.25) is 5.02 Å². The van der Waals surface area contributed by atoms with Gasteiger partial charge in [0.15, 0.2) is 0 Å². The first kappa shape index (κ1) is 18.8. The Morgan fingerprint density at radius 3 is 2.62 bits per heavy atom. The molecule has 0 aliphatic heterocycles. The van der Waals surface area contributed by atoms with E-state index in [1.807, 2.05) is 25.1 Å². The number of esters is 1. The van der Waals surface area contributed by atoms with Crippen LogP contribution >= 0.6 is 11.6 Å². The van der Waals surface area contributed by atoms with Crippen molar-refractivity contribution in [3.8, 4) is 0 Å². The van der Waals surface area contributed by atoms with Crippen molar-refractivity contribution in [2.24, 2.45) is 11.8 Å². The molecule has 4 nitrogen and oxygen atoms in total. The van der Waals surface area contributed by atoms with Crippen molar-refractivity contribution in [2.45, 2.75) is 52.0 Å². The third-order valence-electron chi connectivity index (χ3n) is 5.18. The second kappa shape index (κ2) is 7.56. The van der Waals surface area contributed by atoms with E-state index in [9.17, 15) is 9.59 Å². The molecule has 0 spiro atoms. The Balaban J connectivity index is 2.14. The largest absolute Gasteiger partial charge is 0.467 e. The molecule has 2 rings (SSSR count). The van der Waals surface area contributed by atoms with Crippen LogP contribution in [0.1, 0.15) is 44.2 Å². The summed E-state index contributed by atoms with van der Waals surface area (Å²) in [6.45, 7) is 6.25. The van der Waals surface area contributed by atoms with Crippen LogP contribution in [0, 0.1) is 18.8 Å². The topological polar surface area (TPSA) is 55.4 Å². The Bertz CT molecular complexity index is 631. The maximum absolute atomic E-state index is 12.6. The third-order valence-corrected chi connectivity index (χ3v) is 5.53. The Hall–Kier alpha value is -1.55. The minimum absolute atomic E-state index is 0.155. The summed E-state index contributed by atoms with van der Waals surface area (Å²) in [6.07, 6.45) is 2.26. The lowest BCUT2D eigenvalue weighted by Gasteiger charge is -2.41. The van der Waals surface area contributed by atoms with Gasteiger partial charge in [0.25, 0.3) is 0 Å². The summed E-state index contributed by atoms with van der Waals surface area (Å²) < 4.78 is 4.99. The predicted molar refractivity (Wildman–Crippen MR) is 95.0 cm³/mol. The fraction of sp³-hybridized carbons (Fsp3) is 0.579. The second-order valence-corrected chi connectivity index (χ2v) is 7.50. The van der Waals surface area contributed by atoms with Crippen LogP contribution in [0.3, 0.4) is 0 Å². The number of ether oxygens (including phenoxy) is 1. The summed E-state index contributed by atoms with van der Waals surface area (Å²) in [5.41, 5.74) is 0.886. The van der Waals surface area contributed by atoms with Crippen LogP contribution in [0.15, 0.2) is 18.2 Å². The molecule has 1 N–H and O–H groups in total. The Labute approximate surface area is 148 Å². The molecule has 1 aliphatic rings. The monoisotopic (exact) mass is 351 g/mol. The number of amides is 1. The molecule has 5 heteroatoms. The lowest BCUT2D eigenvalue weighted by molar-refractivity contribution is -0.154. The molecular formula is C19H26ClNO3. The van der Waals surface area contributed by atoms with Gasteiger partial charge in [-0.05, 0) is 55.2 Å². The molecule has 1 aromatic rings. The van der Waals surface area contributed by atoms with Crippen LogP contribution < -0.4 is 5.32 Å². The van der Waals surface area contributed by atoms with Crippen molar-refractivity contribution in [3.63, 3.8) is 0 Å². The zero-order valence-corrected chi connectivity index (χ0v) is 15.6. The molecule has 0 radical (unpaired) electrons. The maximum Gasteiger partial charge on any atom is 0.331 e. The van der Waals surface area contributed by atoms with Gasteiger partial charge in [0.1, 0.15) is 5.54 Å². The van der Waals surface area contributed by atoms with E-state index in [-0.39, 0.29) is 18.3 Å². The molecule has 0 aromatic heterocycles. The zero-order valence-electron chi connectivity index (χ0n) is 14.8. The highest BCUT2D eigenvalue weighted by Gasteiger charge is 2.45. The van der Waals surface area contributed by atoms with Gasteiger partial charge in [-0.25, -0.2) is 4.79 Å². The van der Waals surface area contributed by atoms with Crippen LogP contribution in [0.25, 0.3) is 0 Å². The quantitative estimate of drug-likeness (QED) is 0.842. The van der Waals surface area contributed by atoms with Gasteiger partial charge in [-0.2, -0.15) is 0 Å². The standard InChI is InChI=1S/C19H26ClNO3/c1-12-5-6-15(16(20)9-12)10-17(22)21-19(18(23)24-4)8-7-13(2)14(3)11-19/h5-6,9,13-14H,7-8,10-11H2,1-4H3,(H,21,22). The number of benzene rings is 1. The molecule has 1 fully saturated rings. The molecule has 0 saturated heterocycles. The van der Waals surface area contributed by atoms with E-state index in [2.05, 4.69) is 19.2 Å². The summed E-state index contributed by atoms with van der Waals surface area (Å²) in [5, 5.41) is 3.52. The minimum atomic E-state index is -0.922. The van der Waals surface area contributed by atoms with Gasteiger partial charge in [-0.1, -0.05) is 37.6 Å². The minimum Gasteiger partial charge on any atom is -0.467 e. The van der Waals surface area contributed by atoms with E-state index in [1.165, 1.54) is 7.11 Å². The molecule has 1 aromatic carbocycles. The average molecular weight is 352 g/mol. The van der Waals surface area contributed by atoms with Gasteiger partial charge < -0.3 is 10.1 Å². The van der Waals surface area contributed by atoms with Crippen LogP contribution in [-0.4, -0.2) is 24.5 Å². The molecule has 0 heterocycles. The van der Waals surface area contributed by atoms with Gasteiger partial charge in [0.05, 0.1) is 13.5 Å². The summed E-state index contributed by atoms with van der Waals surface area (Å²) in [7, 11) is 1.37. The number of methoxy groups -OCH3 is 1. The van der Waals surface area contributed by atoms with Gasteiger partial charge in [0, 0.05) is 5.02 Å². The highest BCUT2D eigenvalue weighted by Crippen LogP contribution is 2.37. The number of rotatable bonds is 4. The van der Waals surface area contributed by atoms with Crippen molar-refractivity contribution >= 4 is 23.5 Å². The molecule has 1 amide bonds. The summed E-state index contributed by atoms with van der Waals surface area (Å²) >= 11 is 6.21. The normalized spacial score (nSPS) is 26.7. The molecule has 1 aliphatic carbocycles. The zero-order chi connectivity index (χ0) is 17.9. The Morgan fingerprint density at radius 2 is 2.04 bits per heavy atom. The number of carbonyl (C=O) groups is 2. The molecule has 1 saturated carbocycles. The lowest BCUT2D eigenvalue weighted by atomic mass is 9.71. The molecule has 132 valence electrons. The molecule has 3 atom stereocenters. The highest BCUT2D eigenvalue weighted by atomic mass is 35.5. The van der Waals surface area contributed by atoms with Crippen molar-refractivity contribution in [2.75, 3.05) is 7.11 Å². The smallest absolute Gasteiger partial charge is 0.331 e. The lowest BCUT2D eigenvalue weighted by Crippen LogP contribution is -2.58. The first-order chi connectivity index (χ1) is 11.3. The Morgan fingerprint density at radius 1 is 1.33 bits per heavy atom. The van der Waals surface area contributed by atoms with Gasteiger partial charge in [-0.3, -0.25) is 4.79 Å². The highest BCUT2D eigenvalue weighted by molar-refractivity contribution is 6.31. The van der Waals surface area contributed by atoms with Gasteiger partial charge in [0.2, 0.25) is 5.91 Å². The Kier molecular flexibility index (Phi) is 5.92. The molecule has 24 heavy (non-hydrogen) atoms. The van der Waals surface area contributed by atoms with Crippen LogP contribution in [0.5, 0.6) is 0 Å². The SMILES string of the molecule is COC(=O)C1(NC(=O)Cc2ccc(C)cc2Cl)CCC(C)C(C)C1. The van der Waals surface area contributed by atoms with E-state index >= 15 is 0 Å². The van der Waals surface area contributed by atoms with Gasteiger partial charge >= 0.3 is 5.97 Å². The number of hydrogen-bond donors (Lipinski definition) is 1. The number of carbonyl (C=O) groups excluding carboxylic acids is 2. The van der Waals surface area contributed by atoms with Crippen LogP contribution in [-0.2, 0) is 20.7 Å². The van der Waals surface area contributed by atoms with Crippen molar-refractivity contribution in [1.29, 1.82) is 0 Å². The fourth-order valence-electron chi connectivity index (χ4n) is 3.44. The fourth-order valence-corrected chi connectivity index (χ4v) is 3.74. The van der Waals surface area contributed by atoms with Crippen molar-refractivity contribution in [1.82, 2.24) is 5.32 Å². The third kappa shape index (κ3) is 4.10. The van der Waals surface area contributed by atoms with E-state index < -0.39 is 5.54 Å². The van der Waals surface area contributed by atoms with E-state index in [4.69, 9.17) is 16.3 Å². The second-order valence-electron chi connectivity index (χ2n) is 7.09. The number of halogens is 1. The first-order valence-corrected chi connectivity index (χ1v) is 8.79. The molecule has 3 unspecified atom stereocenters. The summed E-state index contributed by atoms with van der Waals surface area (Å²) in [5.74, 6) is 0.324. The summed E-state index contributed by atoms with van der Waals surface area (Å²) in [6, 6.07) is 5.62. The average Bonchev–Trinajstić information content (AvgIpc) is 2.53. The predicted octanol–water partition coefficient (Wildman–Crippen LogP) is 3.68. The van der Waals surface area contributed by atoms with E-state index in [0.29, 0.717) is 29.7 Å². The first-order valence-electron chi connectivity index (χ1n) is 8.42. The maximum atomic E-state index is 12.6. The van der Waals surface area contributed by atoms with Crippen LogP contribution in [0.4, 0.5) is 0 Å². The number of hydrogen-bond acceptors (Lipinski definition) is 3. The van der Waals surface area contributed by atoms with Crippen molar-refractivity contribution < 1.29 is 14.3 Å². The molecule has 0 bridgehead atoms.